The molecule has 1 aliphatic carbocycles. The second-order valence-corrected chi connectivity index (χ2v) is 3.38. The maximum absolute atomic E-state index is 10.3. The van der Waals surface area contributed by atoms with Gasteiger partial charge in [-0.1, -0.05) is 13.3 Å². The van der Waals surface area contributed by atoms with Crippen LogP contribution in [0.4, 0.5) is 0 Å². The standard InChI is InChI=1S/C9H16O2/c1-2-7-3-4-9(11)8(7)5-6-10/h6-9,11H,2-5H2,1H3/t7-,8+,9-/m1/s1. The van der Waals surface area contributed by atoms with Gasteiger partial charge in [0.25, 0.3) is 0 Å². The number of aliphatic hydroxyl groups excluding tert-OH is 1. The summed E-state index contributed by atoms with van der Waals surface area (Å²) >= 11 is 0. The second-order valence-electron chi connectivity index (χ2n) is 3.38. The Morgan fingerprint density at radius 3 is 2.82 bits per heavy atom. The Kier molecular flexibility index (Phi) is 3.06. The van der Waals surface area contributed by atoms with Crippen LogP contribution in [-0.2, 0) is 4.79 Å². The first-order chi connectivity index (χ1) is 5.29. The van der Waals surface area contributed by atoms with Crippen molar-refractivity contribution in [2.75, 3.05) is 0 Å². The topological polar surface area (TPSA) is 37.3 Å². The summed E-state index contributed by atoms with van der Waals surface area (Å²) in [4.78, 5) is 10.3. The van der Waals surface area contributed by atoms with E-state index in [1.54, 1.807) is 0 Å². The van der Waals surface area contributed by atoms with Crippen molar-refractivity contribution in [3.05, 3.63) is 0 Å². The Morgan fingerprint density at radius 1 is 1.55 bits per heavy atom. The van der Waals surface area contributed by atoms with Gasteiger partial charge in [-0.05, 0) is 24.7 Å². The number of carbonyl (C=O) groups is 1. The van der Waals surface area contributed by atoms with Gasteiger partial charge in [-0.25, -0.2) is 0 Å². The molecule has 1 aliphatic rings. The third-order valence-corrected chi connectivity index (χ3v) is 2.83. The summed E-state index contributed by atoms with van der Waals surface area (Å²) in [5, 5.41) is 9.46. The van der Waals surface area contributed by atoms with Gasteiger partial charge in [0.15, 0.2) is 0 Å². The van der Waals surface area contributed by atoms with Crippen LogP contribution in [0.3, 0.4) is 0 Å². The molecule has 0 aliphatic heterocycles. The van der Waals surface area contributed by atoms with Gasteiger partial charge in [0.2, 0.25) is 0 Å². The van der Waals surface area contributed by atoms with Crippen molar-refractivity contribution in [1.29, 1.82) is 0 Å². The Bertz CT molecular complexity index is 134. The zero-order valence-electron chi connectivity index (χ0n) is 6.99. The van der Waals surface area contributed by atoms with Gasteiger partial charge in [-0.15, -0.1) is 0 Å². The van der Waals surface area contributed by atoms with E-state index in [0.717, 1.165) is 25.5 Å². The molecule has 64 valence electrons. The SMILES string of the molecule is CC[C@@H]1CC[C@@H](O)[C@H]1CC=O. The number of aldehydes is 1. The lowest BCUT2D eigenvalue weighted by molar-refractivity contribution is -0.109. The Balaban J connectivity index is 2.48. The lowest BCUT2D eigenvalue weighted by atomic mass is 9.90. The summed E-state index contributed by atoms with van der Waals surface area (Å²) in [6, 6.07) is 0. The van der Waals surface area contributed by atoms with E-state index in [4.69, 9.17) is 0 Å². The highest BCUT2D eigenvalue weighted by molar-refractivity contribution is 5.50. The van der Waals surface area contributed by atoms with Crippen LogP contribution in [-0.4, -0.2) is 17.5 Å². The smallest absolute Gasteiger partial charge is 0.120 e. The molecule has 1 N–H and O–H groups in total. The molecule has 11 heavy (non-hydrogen) atoms. The summed E-state index contributed by atoms with van der Waals surface area (Å²) in [5.74, 6) is 0.827. The van der Waals surface area contributed by atoms with E-state index in [0.29, 0.717) is 12.3 Å². The van der Waals surface area contributed by atoms with Crippen LogP contribution in [0.1, 0.15) is 32.6 Å². The predicted molar refractivity (Wildman–Crippen MR) is 43.2 cm³/mol. The van der Waals surface area contributed by atoms with Crippen molar-refractivity contribution in [2.45, 2.75) is 38.7 Å². The molecule has 0 aromatic rings. The number of hydrogen-bond acceptors (Lipinski definition) is 2. The molecular formula is C9H16O2. The lowest BCUT2D eigenvalue weighted by Crippen LogP contribution is -2.19. The molecule has 0 aromatic carbocycles. The van der Waals surface area contributed by atoms with Crippen molar-refractivity contribution in [1.82, 2.24) is 0 Å². The van der Waals surface area contributed by atoms with Gasteiger partial charge in [0.05, 0.1) is 6.10 Å². The largest absolute Gasteiger partial charge is 0.393 e. The molecule has 1 rings (SSSR count). The molecule has 0 saturated heterocycles. The highest BCUT2D eigenvalue weighted by Gasteiger charge is 2.32. The van der Waals surface area contributed by atoms with Crippen LogP contribution in [0.25, 0.3) is 0 Å². The van der Waals surface area contributed by atoms with E-state index in [-0.39, 0.29) is 12.0 Å². The third-order valence-electron chi connectivity index (χ3n) is 2.83. The normalized spacial score (nSPS) is 37.5. The van der Waals surface area contributed by atoms with Crippen LogP contribution < -0.4 is 0 Å². The van der Waals surface area contributed by atoms with Crippen LogP contribution in [0.15, 0.2) is 0 Å². The number of carbonyl (C=O) groups excluding carboxylic acids is 1. The maximum Gasteiger partial charge on any atom is 0.120 e. The lowest BCUT2D eigenvalue weighted by Gasteiger charge is -2.17. The average molecular weight is 156 g/mol. The fraction of sp³-hybridized carbons (Fsp3) is 0.889. The molecule has 0 heterocycles. The highest BCUT2D eigenvalue weighted by atomic mass is 16.3. The first-order valence-corrected chi connectivity index (χ1v) is 4.41. The van der Waals surface area contributed by atoms with Gasteiger partial charge < -0.3 is 9.90 Å². The first-order valence-electron chi connectivity index (χ1n) is 4.41. The minimum atomic E-state index is -0.217. The summed E-state index contributed by atoms with van der Waals surface area (Å²) in [6.07, 6.45) is 4.33. The van der Waals surface area contributed by atoms with Crippen molar-refractivity contribution in [2.24, 2.45) is 11.8 Å². The number of hydrogen-bond donors (Lipinski definition) is 1. The van der Waals surface area contributed by atoms with Gasteiger partial charge >= 0.3 is 0 Å². The molecule has 0 spiro atoms. The summed E-state index contributed by atoms with van der Waals surface area (Å²) < 4.78 is 0. The minimum absolute atomic E-state index is 0.217. The van der Waals surface area contributed by atoms with Gasteiger partial charge in [-0.3, -0.25) is 0 Å². The van der Waals surface area contributed by atoms with Crippen molar-refractivity contribution in [3.8, 4) is 0 Å². The van der Waals surface area contributed by atoms with Gasteiger partial charge in [-0.2, -0.15) is 0 Å². The molecule has 1 fully saturated rings. The minimum Gasteiger partial charge on any atom is -0.393 e. The Morgan fingerprint density at radius 2 is 2.27 bits per heavy atom. The van der Waals surface area contributed by atoms with Gasteiger partial charge in [0.1, 0.15) is 6.29 Å². The maximum atomic E-state index is 10.3. The van der Waals surface area contributed by atoms with E-state index < -0.39 is 0 Å². The fourth-order valence-electron chi connectivity index (χ4n) is 2.09. The van der Waals surface area contributed by atoms with E-state index in [9.17, 15) is 9.90 Å². The van der Waals surface area contributed by atoms with Crippen LogP contribution in [0, 0.1) is 11.8 Å². The molecule has 0 amide bonds. The van der Waals surface area contributed by atoms with E-state index in [1.165, 1.54) is 0 Å². The first kappa shape index (κ1) is 8.72. The molecule has 3 atom stereocenters. The second kappa shape index (κ2) is 3.86. The fourth-order valence-corrected chi connectivity index (χ4v) is 2.09. The van der Waals surface area contributed by atoms with Crippen molar-refractivity contribution < 1.29 is 9.90 Å². The molecule has 0 radical (unpaired) electrons. The predicted octanol–water partition coefficient (Wildman–Crippen LogP) is 1.37. The number of aliphatic hydroxyl groups is 1. The highest BCUT2D eigenvalue weighted by Crippen LogP contribution is 2.35. The zero-order valence-corrected chi connectivity index (χ0v) is 6.99. The van der Waals surface area contributed by atoms with Gasteiger partial charge in [0, 0.05) is 6.42 Å². The van der Waals surface area contributed by atoms with E-state index in [2.05, 4.69) is 6.92 Å². The molecule has 2 heteroatoms. The van der Waals surface area contributed by atoms with Crippen LogP contribution in [0.2, 0.25) is 0 Å². The number of rotatable bonds is 3. The molecule has 0 aromatic heterocycles. The van der Waals surface area contributed by atoms with E-state index in [1.807, 2.05) is 0 Å². The molecule has 2 nitrogen and oxygen atoms in total. The molecule has 0 bridgehead atoms. The summed E-state index contributed by atoms with van der Waals surface area (Å²) in [5.41, 5.74) is 0. The summed E-state index contributed by atoms with van der Waals surface area (Å²) in [6.45, 7) is 2.13. The molecular weight excluding hydrogens is 140 g/mol. The quantitative estimate of drug-likeness (QED) is 0.627. The van der Waals surface area contributed by atoms with Crippen molar-refractivity contribution in [3.63, 3.8) is 0 Å². The third kappa shape index (κ3) is 1.80. The summed E-state index contributed by atoms with van der Waals surface area (Å²) in [7, 11) is 0. The average Bonchev–Trinajstić information content (AvgIpc) is 2.34. The zero-order chi connectivity index (χ0) is 8.27. The van der Waals surface area contributed by atoms with E-state index >= 15 is 0 Å². The van der Waals surface area contributed by atoms with Crippen LogP contribution >= 0.6 is 0 Å². The van der Waals surface area contributed by atoms with Crippen LogP contribution in [0.5, 0.6) is 0 Å². The molecule has 1 saturated carbocycles. The Hall–Kier alpha value is -0.370. The van der Waals surface area contributed by atoms with Crippen molar-refractivity contribution >= 4 is 6.29 Å². The molecule has 0 unspecified atom stereocenters. The Labute approximate surface area is 67.6 Å². The monoisotopic (exact) mass is 156 g/mol.